The van der Waals surface area contributed by atoms with Gasteiger partial charge in [-0.15, -0.1) is 11.3 Å². The average molecular weight is 413 g/mol. The fourth-order valence-corrected chi connectivity index (χ4v) is 3.43. The Bertz CT molecular complexity index is 1010. The molecule has 0 unspecified atom stereocenters. The maximum absolute atomic E-state index is 12.2. The Kier molecular flexibility index (Phi) is 6.75. The van der Waals surface area contributed by atoms with Crippen molar-refractivity contribution in [3.05, 3.63) is 75.3 Å². The molecule has 150 valence electrons. The third-order valence-electron chi connectivity index (χ3n) is 3.81. The standard InChI is InChI=1S/C20H19N3O5S/c1-2-27-17-8-3-4-9-18(17)28-13-19(24)22-20-21-12-16(29-20)11-14-6-5-7-15(10-14)23(25)26/h3-10,12H,2,11,13H2,1H3,(H,21,22,24). The van der Waals surface area contributed by atoms with Gasteiger partial charge in [0.1, 0.15) is 0 Å². The number of rotatable bonds is 9. The number of amides is 1. The number of thiazole rings is 1. The fraction of sp³-hybridized carbons (Fsp3) is 0.200. The average Bonchev–Trinajstić information content (AvgIpc) is 3.14. The number of para-hydroxylation sites is 2. The number of anilines is 1. The second kappa shape index (κ2) is 9.65. The van der Waals surface area contributed by atoms with Crippen molar-refractivity contribution in [2.24, 2.45) is 0 Å². The Morgan fingerprint density at radius 1 is 1.17 bits per heavy atom. The van der Waals surface area contributed by atoms with Gasteiger partial charge in [0.2, 0.25) is 0 Å². The molecule has 0 radical (unpaired) electrons. The van der Waals surface area contributed by atoms with Crippen molar-refractivity contribution in [1.82, 2.24) is 4.98 Å². The quantitative estimate of drug-likeness (QED) is 0.419. The molecule has 0 saturated carbocycles. The smallest absolute Gasteiger partial charge is 0.269 e. The first-order valence-corrected chi connectivity index (χ1v) is 9.69. The molecule has 3 aromatic rings. The van der Waals surface area contributed by atoms with Gasteiger partial charge < -0.3 is 9.47 Å². The van der Waals surface area contributed by atoms with Gasteiger partial charge in [0.05, 0.1) is 11.5 Å². The summed E-state index contributed by atoms with van der Waals surface area (Å²) in [4.78, 5) is 27.7. The molecule has 0 aliphatic carbocycles. The number of hydrogen-bond acceptors (Lipinski definition) is 7. The van der Waals surface area contributed by atoms with E-state index in [1.165, 1.54) is 23.5 Å². The second-order valence-corrected chi connectivity index (χ2v) is 7.07. The van der Waals surface area contributed by atoms with Crippen LogP contribution in [0, 0.1) is 10.1 Å². The van der Waals surface area contributed by atoms with Crippen LogP contribution in [0.2, 0.25) is 0 Å². The number of nitro benzene ring substituents is 1. The van der Waals surface area contributed by atoms with Crippen molar-refractivity contribution in [2.45, 2.75) is 13.3 Å². The Morgan fingerprint density at radius 3 is 2.66 bits per heavy atom. The number of benzene rings is 2. The molecule has 0 aliphatic rings. The zero-order valence-electron chi connectivity index (χ0n) is 15.7. The maximum atomic E-state index is 12.2. The van der Waals surface area contributed by atoms with E-state index < -0.39 is 4.92 Å². The zero-order chi connectivity index (χ0) is 20.6. The van der Waals surface area contributed by atoms with Gasteiger partial charge in [-0.25, -0.2) is 4.98 Å². The largest absolute Gasteiger partial charge is 0.490 e. The van der Waals surface area contributed by atoms with E-state index in [0.29, 0.717) is 29.7 Å². The van der Waals surface area contributed by atoms with Crippen molar-refractivity contribution in [3.63, 3.8) is 0 Å². The van der Waals surface area contributed by atoms with E-state index in [4.69, 9.17) is 9.47 Å². The summed E-state index contributed by atoms with van der Waals surface area (Å²) in [5, 5.41) is 14.0. The van der Waals surface area contributed by atoms with Gasteiger partial charge in [0.15, 0.2) is 23.2 Å². The van der Waals surface area contributed by atoms with Crippen LogP contribution in [0.5, 0.6) is 11.5 Å². The highest BCUT2D eigenvalue weighted by Crippen LogP contribution is 2.26. The van der Waals surface area contributed by atoms with Gasteiger partial charge in [-0.1, -0.05) is 24.3 Å². The summed E-state index contributed by atoms with van der Waals surface area (Å²) in [6.45, 7) is 2.19. The van der Waals surface area contributed by atoms with Crippen molar-refractivity contribution in [2.75, 3.05) is 18.5 Å². The molecule has 2 aromatic carbocycles. The molecule has 1 N–H and O–H groups in total. The van der Waals surface area contributed by atoms with Gasteiger partial charge in [0.25, 0.3) is 11.6 Å². The molecule has 0 fully saturated rings. The lowest BCUT2D eigenvalue weighted by molar-refractivity contribution is -0.384. The van der Waals surface area contributed by atoms with Crippen LogP contribution >= 0.6 is 11.3 Å². The lowest BCUT2D eigenvalue weighted by atomic mass is 10.1. The molecule has 0 aliphatic heterocycles. The molecule has 1 amide bonds. The molecule has 0 saturated heterocycles. The van der Waals surface area contributed by atoms with E-state index in [-0.39, 0.29) is 18.2 Å². The van der Waals surface area contributed by atoms with Crippen molar-refractivity contribution in [3.8, 4) is 11.5 Å². The second-order valence-electron chi connectivity index (χ2n) is 5.95. The van der Waals surface area contributed by atoms with Crippen LogP contribution in [-0.4, -0.2) is 29.0 Å². The third-order valence-corrected chi connectivity index (χ3v) is 4.72. The number of nitro groups is 1. The van der Waals surface area contributed by atoms with Crippen LogP contribution in [0.15, 0.2) is 54.7 Å². The Labute approximate surface area is 171 Å². The molecule has 29 heavy (non-hydrogen) atoms. The maximum Gasteiger partial charge on any atom is 0.269 e. The fourth-order valence-electron chi connectivity index (χ4n) is 2.57. The van der Waals surface area contributed by atoms with E-state index in [9.17, 15) is 14.9 Å². The Morgan fingerprint density at radius 2 is 1.93 bits per heavy atom. The van der Waals surface area contributed by atoms with E-state index in [0.717, 1.165) is 10.4 Å². The number of non-ortho nitro benzene ring substituents is 1. The monoisotopic (exact) mass is 413 g/mol. The van der Waals surface area contributed by atoms with Gasteiger partial charge >= 0.3 is 0 Å². The summed E-state index contributed by atoms with van der Waals surface area (Å²) >= 11 is 1.31. The first-order chi connectivity index (χ1) is 14.0. The molecular weight excluding hydrogens is 394 g/mol. The molecule has 8 nitrogen and oxygen atoms in total. The van der Waals surface area contributed by atoms with Crippen LogP contribution in [0.25, 0.3) is 0 Å². The highest BCUT2D eigenvalue weighted by molar-refractivity contribution is 7.15. The molecule has 3 rings (SSSR count). The van der Waals surface area contributed by atoms with Gasteiger partial charge in [-0.3, -0.25) is 20.2 Å². The summed E-state index contributed by atoms with van der Waals surface area (Å²) in [6, 6.07) is 13.6. The lowest BCUT2D eigenvalue weighted by Gasteiger charge is -2.10. The predicted octanol–water partition coefficient (Wildman–Crippen LogP) is 4.06. The van der Waals surface area contributed by atoms with Gasteiger partial charge in [0, 0.05) is 29.6 Å². The number of hydrogen-bond donors (Lipinski definition) is 1. The third kappa shape index (κ3) is 5.76. The number of aromatic nitrogens is 1. The van der Waals surface area contributed by atoms with Crippen LogP contribution < -0.4 is 14.8 Å². The van der Waals surface area contributed by atoms with Crippen LogP contribution in [0.1, 0.15) is 17.4 Å². The summed E-state index contributed by atoms with van der Waals surface area (Å²) in [6.07, 6.45) is 2.14. The molecule has 0 spiro atoms. The minimum Gasteiger partial charge on any atom is -0.490 e. The van der Waals surface area contributed by atoms with Crippen LogP contribution in [0.3, 0.4) is 0 Å². The van der Waals surface area contributed by atoms with E-state index in [1.807, 2.05) is 19.1 Å². The Balaban J connectivity index is 1.55. The first kappa shape index (κ1) is 20.3. The molecule has 1 aromatic heterocycles. The van der Waals surface area contributed by atoms with Crippen molar-refractivity contribution >= 4 is 28.1 Å². The minimum atomic E-state index is -0.425. The van der Waals surface area contributed by atoms with Crippen molar-refractivity contribution < 1.29 is 19.2 Å². The van der Waals surface area contributed by atoms with Crippen LogP contribution in [0.4, 0.5) is 10.8 Å². The van der Waals surface area contributed by atoms with E-state index >= 15 is 0 Å². The van der Waals surface area contributed by atoms with E-state index in [1.54, 1.807) is 30.5 Å². The molecular formula is C20H19N3O5S. The molecule has 1 heterocycles. The number of carbonyl (C=O) groups excluding carboxylic acids is 1. The summed E-state index contributed by atoms with van der Waals surface area (Å²) in [5.41, 5.74) is 0.849. The number of carbonyl (C=O) groups is 1. The normalized spacial score (nSPS) is 10.4. The topological polar surface area (TPSA) is 104 Å². The van der Waals surface area contributed by atoms with E-state index in [2.05, 4.69) is 10.3 Å². The number of nitrogens with one attached hydrogen (secondary N) is 1. The number of nitrogens with zero attached hydrogens (tertiary/aromatic N) is 2. The predicted molar refractivity (Wildman–Crippen MR) is 110 cm³/mol. The summed E-state index contributed by atoms with van der Waals surface area (Å²) < 4.78 is 11.0. The molecule has 0 atom stereocenters. The summed E-state index contributed by atoms with van der Waals surface area (Å²) in [5.74, 6) is 0.735. The first-order valence-electron chi connectivity index (χ1n) is 8.87. The summed E-state index contributed by atoms with van der Waals surface area (Å²) in [7, 11) is 0. The minimum absolute atomic E-state index is 0.0463. The van der Waals surface area contributed by atoms with Crippen molar-refractivity contribution in [1.29, 1.82) is 0 Å². The SMILES string of the molecule is CCOc1ccccc1OCC(=O)Nc1ncc(Cc2cccc([N+](=O)[O-])c2)s1. The molecule has 9 heteroatoms. The van der Waals surface area contributed by atoms with Crippen LogP contribution in [-0.2, 0) is 11.2 Å². The van der Waals surface area contributed by atoms with Gasteiger partial charge in [-0.2, -0.15) is 0 Å². The zero-order valence-corrected chi connectivity index (χ0v) is 16.5. The van der Waals surface area contributed by atoms with Gasteiger partial charge in [-0.05, 0) is 24.6 Å². The molecule has 0 bridgehead atoms. The highest BCUT2D eigenvalue weighted by atomic mass is 32.1. The number of ether oxygens (including phenoxy) is 2. The Hall–Kier alpha value is -3.46. The lowest BCUT2D eigenvalue weighted by Crippen LogP contribution is -2.20. The highest BCUT2D eigenvalue weighted by Gasteiger charge is 2.11.